The van der Waals surface area contributed by atoms with Crippen molar-refractivity contribution in [2.75, 3.05) is 24.3 Å². The fourth-order valence-corrected chi connectivity index (χ4v) is 2.74. The summed E-state index contributed by atoms with van der Waals surface area (Å²) in [6, 6.07) is 23.8. The van der Waals surface area contributed by atoms with E-state index in [4.69, 9.17) is 0 Å². The molecule has 0 heterocycles. The summed E-state index contributed by atoms with van der Waals surface area (Å²) in [5.41, 5.74) is 5.73. The van der Waals surface area contributed by atoms with Crippen LogP contribution in [0.4, 0.5) is 11.4 Å². The molecule has 3 rings (SSSR count). The van der Waals surface area contributed by atoms with Gasteiger partial charge in [0.15, 0.2) is 0 Å². The zero-order valence-corrected chi connectivity index (χ0v) is 14.8. The Kier molecular flexibility index (Phi) is 4.85. The van der Waals surface area contributed by atoms with E-state index in [1.54, 1.807) is 0 Å². The Morgan fingerprint density at radius 1 is 0.880 bits per heavy atom. The summed E-state index contributed by atoms with van der Waals surface area (Å²) < 4.78 is 0. The van der Waals surface area contributed by atoms with Crippen molar-refractivity contribution < 1.29 is 4.79 Å². The van der Waals surface area contributed by atoms with E-state index in [0.717, 1.165) is 28.1 Å². The fourth-order valence-electron chi connectivity index (χ4n) is 2.74. The average molecular weight is 330 g/mol. The molecule has 0 spiro atoms. The Morgan fingerprint density at radius 3 is 2.36 bits per heavy atom. The predicted molar refractivity (Wildman–Crippen MR) is 105 cm³/mol. The molecule has 0 saturated carbocycles. The molecular formula is C22H22N2O. The number of carbonyl (C=O) groups is 1. The molecule has 0 saturated heterocycles. The molecule has 0 aliphatic rings. The van der Waals surface area contributed by atoms with Crippen molar-refractivity contribution in [3.05, 3.63) is 83.9 Å². The molecule has 3 aromatic rings. The van der Waals surface area contributed by atoms with Crippen LogP contribution < -0.4 is 10.2 Å². The topological polar surface area (TPSA) is 32.3 Å². The van der Waals surface area contributed by atoms with Crippen molar-refractivity contribution in [2.45, 2.75) is 6.92 Å². The minimum Gasteiger partial charge on any atom is -0.378 e. The summed E-state index contributed by atoms with van der Waals surface area (Å²) in [5.74, 6) is -0.107. The number of aryl methyl sites for hydroxylation is 1. The largest absolute Gasteiger partial charge is 0.378 e. The van der Waals surface area contributed by atoms with Crippen molar-refractivity contribution in [3.8, 4) is 11.1 Å². The smallest absolute Gasteiger partial charge is 0.255 e. The molecule has 0 bridgehead atoms. The number of benzene rings is 3. The van der Waals surface area contributed by atoms with Gasteiger partial charge < -0.3 is 10.2 Å². The number of rotatable bonds is 4. The number of hydrogen-bond acceptors (Lipinski definition) is 2. The highest BCUT2D eigenvalue weighted by molar-refractivity contribution is 6.06. The lowest BCUT2D eigenvalue weighted by molar-refractivity contribution is 0.102. The predicted octanol–water partition coefficient (Wildman–Crippen LogP) is 4.98. The highest BCUT2D eigenvalue weighted by Gasteiger charge is 2.11. The minimum atomic E-state index is -0.107. The normalized spacial score (nSPS) is 10.4. The molecule has 0 fully saturated rings. The van der Waals surface area contributed by atoms with Crippen molar-refractivity contribution in [3.63, 3.8) is 0 Å². The number of nitrogens with one attached hydrogen (secondary N) is 1. The van der Waals surface area contributed by atoms with Gasteiger partial charge in [0.1, 0.15) is 0 Å². The van der Waals surface area contributed by atoms with Crippen LogP contribution in [0.3, 0.4) is 0 Å². The Morgan fingerprint density at radius 2 is 1.64 bits per heavy atom. The van der Waals surface area contributed by atoms with Crippen LogP contribution in [0.15, 0.2) is 72.8 Å². The maximum atomic E-state index is 12.7. The summed E-state index contributed by atoms with van der Waals surface area (Å²) in [4.78, 5) is 14.7. The van der Waals surface area contributed by atoms with E-state index >= 15 is 0 Å². The zero-order chi connectivity index (χ0) is 17.8. The van der Waals surface area contributed by atoms with Gasteiger partial charge in [-0.15, -0.1) is 0 Å². The van der Waals surface area contributed by atoms with Gasteiger partial charge >= 0.3 is 0 Å². The van der Waals surface area contributed by atoms with E-state index in [9.17, 15) is 4.79 Å². The lowest BCUT2D eigenvalue weighted by Gasteiger charge is -2.15. The van der Waals surface area contributed by atoms with Gasteiger partial charge in [0, 0.05) is 36.6 Å². The van der Waals surface area contributed by atoms with Crippen molar-refractivity contribution in [1.29, 1.82) is 0 Å². The lowest BCUT2D eigenvalue weighted by atomic mass is 10.0. The van der Waals surface area contributed by atoms with E-state index in [-0.39, 0.29) is 5.91 Å². The first-order chi connectivity index (χ1) is 12.0. The SMILES string of the molecule is Cc1ccc(NC(=O)c2cccc(N(C)C)c2)c(-c2ccccc2)c1. The minimum absolute atomic E-state index is 0.107. The first-order valence-corrected chi connectivity index (χ1v) is 8.29. The Hall–Kier alpha value is -3.07. The molecule has 25 heavy (non-hydrogen) atoms. The number of hydrogen-bond donors (Lipinski definition) is 1. The van der Waals surface area contributed by atoms with Gasteiger partial charge in [0.05, 0.1) is 0 Å². The summed E-state index contributed by atoms with van der Waals surface area (Å²) >= 11 is 0. The first kappa shape index (κ1) is 16.8. The maximum Gasteiger partial charge on any atom is 0.255 e. The third kappa shape index (κ3) is 3.89. The van der Waals surface area contributed by atoms with Gasteiger partial charge in [-0.2, -0.15) is 0 Å². The summed E-state index contributed by atoms with van der Waals surface area (Å²) in [6.45, 7) is 2.05. The summed E-state index contributed by atoms with van der Waals surface area (Å²) in [6.07, 6.45) is 0. The van der Waals surface area contributed by atoms with Crippen LogP contribution in [0.1, 0.15) is 15.9 Å². The van der Waals surface area contributed by atoms with Crippen LogP contribution in [0.25, 0.3) is 11.1 Å². The van der Waals surface area contributed by atoms with E-state index in [1.807, 2.05) is 73.6 Å². The van der Waals surface area contributed by atoms with Crippen LogP contribution in [-0.2, 0) is 0 Å². The molecule has 0 radical (unpaired) electrons. The van der Waals surface area contributed by atoms with E-state index < -0.39 is 0 Å². The van der Waals surface area contributed by atoms with Crippen molar-refractivity contribution in [1.82, 2.24) is 0 Å². The standard InChI is InChI=1S/C22H22N2O/c1-16-12-13-21(20(14-16)17-8-5-4-6-9-17)23-22(25)18-10-7-11-19(15-18)24(2)3/h4-15H,1-3H3,(H,23,25). The second-order valence-corrected chi connectivity index (χ2v) is 6.31. The maximum absolute atomic E-state index is 12.7. The molecule has 0 aliphatic heterocycles. The van der Waals surface area contributed by atoms with Gasteiger partial charge in [-0.25, -0.2) is 0 Å². The molecule has 3 heteroatoms. The molecular weight excluding hydrogens is 308 g/mol. The molecule has 126 valence electrons. The van der Waals surface area contributed by atoms with E-state index in [1.165, 1.54) is 0 Å². The summed E-state index contributed by atoms with van der Waals surface area (Å²) in [7, 11) is 3.93. The third-order valence-electron chi connectivity index (χ3n) is 4.13. The molecule has 3 aromatic carbocycles. The second kappa shape index (κ2) is 7.22. The van der Waals surface area contributed by atoms with Crippen LogP contribution in [-0.4, -0.2) is 20.0 Å². The van der Waals surface area contributed by atoms with Gasteiger partial charge in [-0.3, -0.25) is 4.79 Å². The van der Waals surface area contributed by atoms with Gasteiger partial charge in [-0.1, -0.05) is 48.0 Å². The summed E-state index contributed by atoms with van der Waals surface area (Å²) in [5, 5.41) is 3.06. The van der Waals surface area contributed by atoms with E-state index in [2.05, 4.69) is 30.4 Å². The zero-order valence-electron chi connectivity index (χ0n) is 14.8. The number of carbonyl (C=O) groups excluding carboxylic acids is 1. The number of nitrogens with zero attached hydrogens (tertiary/aromatic N) is 1. The van der Waals surface area contributed by atoms with Gasteiger partial charge in [0.25, 0.3) is 5.91 Å². The van der Waals surface area contributed by atoms with Crippen LogP contribution in [0.5, 0.6) is 0 Å². The quantitative estimate of drug-likeness (QED) is 0.731. The number of anilines is 2. The molecule has 1 amide bonds. The van der Waals surface area contributed by atoms with Gasteiger partial charge in [0.2, 0.25) is 0 Å². The molecule has 0 atom stereocenters. The highest BCUT2D eigenvalue weighted by atomic mass is 16.1. The Bertz CT molecular complexity index is 886. The van der Waals surface area contributed by atoms with Crippen LogP contribution >= 0.6 is 0 Å². The molecule has 0 aliphatic carbocycles. The number of amides is 1. The van der Waals surface area contributed by atoms with Crippen LogP contribution in [0.2, 0.25) is 0 Å². The van der Waals surface area contributed by atoms with Crippen molar-refractivity contribution in [2.24, 2.45) is 0 Å². The Labute approximate surface area is 148 Å². The molecule has 0 unspecified atom stereocenters. The molecule has 3 nitrogen and oxygen atoms in total. The van der Waals surface area contributed by atoms with Crippen LogP contribution in [0, 0.1) is 6.92 Å². The lowest BCUT2D eigenvalue weighted by Crippen LogP contribution is -2.14. The Balaban J connectivity index is 1.93. The van der Waals surface area contributed by atoms with E-state index in [0.29, 0.717) is 5.56 Å². The first-order valence-electron chi connectivity index (χ1n) is 8.29. The average Bonchev–Trinajstić information content (AvgIpc) is 2.64. The molecule has 0 aromatic heterocycles. The fraction of sp³-hybridized carbons (Fsp3) is 0.136. The third-order valence-corrected chi connectivity index (χ3v) is 4.13. The van der Waals surface area contributed by atoms with Crippen molar-refractivity contribution >= 4 is 17.3 Å². The molecule has 1 N–H and O–H groups in total. The highest BCUT2D eigenvalue weighted by Crippen LogP contribution is 2.29. The van der Waals surface area contributed by atoms with Gasteiger partial charge in [-0.05, 0) is 42.8 Å². The monoisotopic (exact) mass is 330 g/mol. The second-order valence-electron chi connectivity index (χ2n) is 6.31.